The Morgan fingerprint density at radius 3 is 2.53 bits per heavy atom. The Balaban J connectivity index is 2.19. The molecule has 3 N–H and O–H groups in total. The van der Waals surface area contributed by atoms with Crippen molar-refractivity contribution in [2.75, 3.05) is 11.1 Å². The third-order valence-electron chi connectivity index (χ3n) is 2.39. The van der Waals surface area contributed by atoms with Gasteiger partial charge in [-0.25, -0.2) is 4.98 Å². The van der Waals surface area contributed by atoms with E-state index in [0.29, 0.717) is 22.8 Å². The van der Waals surface area contributed by atoms with Gasteiger partial charge in [-0.05, 0) is 31.2 Å². The molecule has 0 aliphatic rings. The number of pyridine rings is 1. The van der Waals surface area contributed by atoms with Gasteiger partial charge < -0.3 is 11.1 Å². The Kier molecular flexibility index (Phi) is 3.05. The van der Waals surface area contributed by atoms with Crippen molar-refractivity contribution in [2.24, 2.45) is 0 Å². The van der Waals surface area contributed by atoms with Crippen LogP contribution in [-0.2, 0) is 0 Å². The second kappa shape index (κ2) is 4.65. The molecule has 0 aliphatic carbocycles. The number of benzene rings is 1. The van der Waals surface area contributed by atoms with Crippen molar-refractivity contribution in [3.8, 4) is 0 Å². The van der Waals surface area contributed by atoms with E-state index in [1.54, 1.807) is 31.2 Å². The van der Waals surface area contributed by atoms with Crippen molar-refractivity contribution in [1.82, 2.24) is 4.98 Å². The van der Waals surface area contributed by atoms with Crippen molar-refractivity contribution in [2.45, 2.75) is 6.92 Å². The number of aromatic nitrogens is 1. The highest BCUT2D eigenvalue weighted by Crippen LogP contribution is 2.15. The molecule has 0 atom stereocenters. The lowest BCUT2D eigenvalue weighted by molar-refractivity contribution is 0.102. The summed E-state index contributed by atoms with van der Waals surface area (Å²) in [5.41, 5.74) is 7.54. The van der Waals surface area contributed by atoms with E-state index in [0.717, 1.165) is 0 Å². The van der Waals surface area contributed by atoms with Crippen LogP contribution in [0.1, 0.15) is 16.1 Å². The first kappa shape index (κ1) is 11.1. The number of aryl methyl sites for hydroxylation is 1. The second-order valence-electron chi connectivity index (χ2n) is 3.69. The average Bonchev–Trinajstić information content (AvgIpc) is 2.34. The van der Waals surface area contributed by atoms with Gasteiger partial charge in [-0.3, -0.25) is 4.79 Å². The van der Waals surface area contributed by atoms with Gasteiger partial charge in [0.1, 0.15) is 5.82 Å². The molecular weight excluding hydrogens is 214 g/mol. The summed E-state index contributed by atoms with van der Waals surface area (Å²) >= 11 is 0. The minimum atomic E-state index is -0.153. The Morgan fingerprint density at radius 1 is 1.18 bits per heavy atom. The van der Waals surface area contributed by atoms with E-state index in [9.17, 15) is 4.79 Å². The van der Waals surface area contributed by atoms with E-state index in [-0.39, 0.29) is 5.91 Å². The van der Waals surface area contributed by atoms with E-state index >= 15 is 0 Å². The number of carbonyl (C=O) groups excluding carboxylic acids is 1. The maximum atomic E-state index is 11.9. The minimum absolute atomic E-state index is 0.153. The maximum Gasteiger partial charge on any atom is 0.255 e. The average molecular weight is 227 g/mol. The summed E-state index contributed by atoms with van der Waals surface area (Å²) in [5, 5.41) is 2.80. The molecule has 2 rings (SSSR count). The predicted octanol–water partition coefficient (Wildman–Crippen LogP) is 2.22. The molecule has 1 aromatic heterocycles. The van der Waals surface area contributed by atoms with Gasteiger partial charge in [0.15, 0.2) is 0 Å². The molecule has 86 valence electrons. The molecule has 17 heavy (non-hydrogen) atoms. The zero-order valence-corrected chi connectivity index (χ0v) is 9.47. The molecule has 4 heteroatoms. The molecule has 0 saturated heterocycles. The van der Waals surface area contributed by atoms with Crippen molar-refractivity contribution >= 4 is 17.4 Å². The summed E-state index contributed by atoms with van der Waals surface area (Å²) in [7, 11) is 0. The number of carbonyl (C=O) groups is 1. The molecule has 2 aromatic rings. The highest BCUT2D eigenvalue weighted by Gasteiger charge is 2.07. The highest BCUT2D eigenvalue weighted by atomic mass is 16.1. The number of nitrogens with two attached hydrogens (primary N) is 1. The molecule has 0 aliphatic heterocycles. The van der Waals surface area contributed by atoms with Crippen molar-refractivity contribution in [3.63, 3.8) is 0 Å². The molecular formula is C13H13N3O. The predicted molar refractivity (Wildman–Crippen MR) is 67.8 cm³/mol. The van der Waals surface area contributed by atoms with Gasteiger partial charge in [0, 0.05) is 5.56 Å². The summed E-state index contributed by atoms with van der Waals surface area (Å²) in [6.45, 7) is 1.80. The van der Waals surface area contributed by atoms with Crippen LogP contribution < -0.4 is 11.1 Å². The number of nitrogens with one attached hydrogen (secondary N) is 1. The zero-order valence-electron chi connectivity index (χ0n) is 9.47. The summed E-state index contributed by atoms with van der Waals surface area (Å²) in [6, 6.07) is 12.4. The van der Waals surface area contributed by atoms with E-state index in [1.807, 2.05) is 18.2 Å². The SMILES string of the molecule is Cc1nc(N)ccc1NC(=O)c1ccccc1. The minimum Gasteiger partial charge on any atom is -0.384 e. The van der Waals surface area contributed by atoms with Crippen molar-refractivity contribution in [3.05, 3.63) is 53.7 Å². The first-order chi connectivity index (χ1) is 8.16. The molecule has 0 saturated carbocycles. The lowest BCUT2D eigenvalue weighted by Crippen LogP contribution is -2.13. The Hall–Kier alpha value is -2.36. The second-order valence-corrected chi connectivity index (χ2v) is 3.69. The Morgan fingerprint density at radius 2 is 1.88 bits per heavy atom. The van der Waals surface area contributed by atoms with Crippen LogP contribution in [0.25, 0.3) is 0 Å². The third kappa shape index (κ3) is 2.60. The van der Waals surface area contributed by atoms with Crippen molar-refractivity contribution < 1.29 is 4.79 Å². The van der Waals surface area contributed by atoms with Gasteiger partial charge in [-0.1, -0.05) is 18.2 Å². The fraction of sp³-hybridized carbons (Fsp3) is 0.0769. The fourth-order valence-corrected chi connectivity index (χ4v) is 1.50. The number of amides is 1. The zero-order chi connectivity index (χ0) is 12.3. The van der Waals surface area contributed by atoms with Crippen LogP contribution in [0.15, 0.2) is 42.5 Å². The van der Waals surface area contributed by atoms with Gasteiger partial charge in [-0.15, -0.1) is 0 Å². The molecule has 0 fully saturated rings. The van der Waals surface area contributed by atoms with Crippen LogP contribution in [0.5, 0.6) is 0 Å². The Labute approximate surface area is 99.5 Å². The maximum absolute atomic E-state index is 11.9. The molecule has 1 aromatic carbocycles. The molecule has 0 bridgehead atoms. The van der Waals surface area contributed by atoms with E-state index in [1.165, 1.54) is 0 Å². The molecule has 1 heterocycles. The topological polar surface area (TPSA) is 68.0 Å². The van der Waals surface area contributed by atoms with Gasteiger partial charge in [-0.2, -0.15) is 0 Å². The Bertz CT molecular complexity index is 538. The summed E-state index contributed by atoms with van der Waals surface area (Å²) in [4.78, 5) is 16.0. The first-order valence-electron chi connectivity index (χ1n) is 5.26. The summed E-state index contributed by atoms with van der Waals surface area (Å²) in [6.07, 6.45) is 0. The van der Waals surface area contributed by atoms with Gasteiger partial charge in [0.05, 0.1) is 11.4 Å². The number of hydrogen-bond donors (Lipinski definition) is 2. The quantitative estimate of drug-likeness (QED) is 0.826. The number of nitrogens with zero attached hydrogens (tertiary/aromatic N) is 1. The van der Waals surface area contributed by atoms with Gasteiger partial charge in [0.25, 0.3) is 5.91 Å². The number of anilines is 2. The standard InChI is InChI=1S/C13H13N3O/c1-9-11(7-8-12(14)15-9)16-13(17)10-5-3-2-4-6-10/h2-8H,1H3,(H2,14,15)(H,16,17). The molecule has 4 nitrogen and oxygen atoms in total. The third-order valence-corrected chi connectivity index (χ3v) is 2.39. The van der Waals surface area contributed by atoms with Crippen LogP contribution in [0, 0.1) is 6.92 Å². The van der Waals surface area contributed by atoms with E-state index < -0.39 is 0 Å². The number of nitrogen functional groups attached to an aromatic ring is 1. The summed E-state index contributed by atoms with van der Waals surface area (Å²) < 4.78 is 0. The molecule has 0 unspecified atom stereocenters. The highest BCUT2D eigenvalue weighted by molar-refractivity contribution is 6.04. The molecule has 0 radical (unpaired) electrons. The van der Waals surface area contributed by atoms with Crippen LogP contribution in [0.2, 0.25) is 0 Å². The number of hydrogen-bond acceptors (Lipinski definition) is 3. The molecule has 1 amide bonds. The normalized spacial score (nSPS) is 9.94. The van der Waals surface area contributed by atoms with E-state index in [4.69, 9.17) is 5.73 Å². The van der Waals surface area contributed by atoms with Gasteiger partial charge >= 0.3 is 0 Å². The van der Waals surface area contributed by atoms with Crippen LogP contribution in [-0.4, -0.2) is 10.9 Å². The lowest BCUT2D eigenvalue weighted by atomic mass is 10.2. The van der Waals surface area contributed by atoms with Crippen LogP contribution in [0.3, 0.4) is 0 Å². The van der Waals surface area contributed by atoms with Crippen molar-refractivity contribution in [1.29, 1.82) is 0 Å². The van der Waals surface area contributed by atoms with E-state index in [2.05, 4.69) is 10.3 Å². The first-order valence-corrected chi connectivity index (χ1v) is 5.26. The lowest BCUT2D eigenvalue weighted by Gasteiger charge is -2.08. The smallest absolute Gasteiger partial charge is 0.255 e. The van der Waals surface area contributed by atoms with Crippen LogP contribution >= 0.6 is 0 Å². The van der Waals surface area contributed by atoms with Crippen LogP contribution in [0.4, 0.5) is 11.5 Å². The molecule has 0 spiro atoms. The number of rotatable bonds is 2. The summed E-state index contributed by atoms with van der Waals surface area (Å²) in [5.74, 6) is 0.292. The fourth-order valence-electron chi connectivity index (χ4n) is 1.50. The monoisotopic (exact) mass is 227 g/mol. The van der Waals surface area contributed by atoms with Gasteiger partial charge in [0.2, 0.25) is 0 Å². The largest absolute Gasteiger partial charge is 0.384 e.